The van der Waals surface area contributed by atoms with Gasteiger partial charge < -0.3 is 10.2 Å². The zero-order valence-corrected chi connectivity index (χ0v) is 13.6. The minimum atomic E-state index is -0.330. The highest BCUT2D eigenvalue weighted by molar-refractivity contribution is 5.97. The van der Waals surface area contributed by atoms with Gasteiger partial charge in [0.1, 0.15) is 5.82 Å². The zero-order valence-electron chi connectivity index (χ0n) is 13.6. The molecule has 0 radical (unpaired) electrons. The normalized spacial score (nSPS) is 10.6. The average molecular weight is 326 g/mol. The van der Waals surface area contributed by atoms with Crippen molar-refractivity contribution in [3.63, 3.8) is 0 Å². The smallest absolute Gasteiger partial charge is 0.246 e. The summed E-state index contributed by atoms with van der Waals surface area (Å²) in [4.78, 5) is 25.3. The first-order valence-electron chi connectivity index (χ1n) is 7.49. The Labute approximate surface area is 140 Å². The quantitative estimate of drug-likeness (QED) is 0.858. The van der Waals surface area contributed by atoms with E-state index in [1.54, 1.807) is 25.3 Å². The lowest BCUT2D eigenvalue weighted by Crippen LogP contribution is -2.33. The van der Waals surface area contributed by atoms with Gasteiger partial charge in [0.15, 0.2) is 0 Å². The van der Waals surface area contributed by atoms with Crippen LogP contribution in [0.1, 0.15) is 11.1 Å². The molecule has 0 spiro atoms. The Bertz CT molecular complexity index is 737. The second kappa shape index (κ2) is 8.06. The maximum atomic E-state index is 12.8. The maximum absolute atomic E-state index is 12.8. The lowest BCUT2D eigenvalue weighted by molar-refractivity contribution is -0.129. The van der Waals surface area contributed by atoms with Crippen LogP contribution in [-0.2, 0) is 9.59 Å². The Balaban J connectivity index is 1.87. The number of nitrogens with one attached hydrogen (secondary N) is 1. The number of nitrogens with zero attached hydrogens (tertiary/aromatic N) is 1. The number of anilines is 1. The summed E-state index contributed by atoms with van der Waals surface area (Å²) in [5.74, 6) is -0.911. The van der Waals surface area contributed by atoms with Crippen LogP contribution < -0.4 is 5.32 Å². The van der Waals surface area contributed by atoms with Gasteiger partial charge in [-0.15, -0.1) is 0 Å². The van der Waals surface area contributed by atoms with Crippen molar-refractivity contribution in [3.8, 4) is 0 Å². The van der Waals surface area contributed by atoms with Crippen LogP contribution in [0.25, 0.3) is 6.08 Å². The number of rotatable bonds is 5. The molecule has 0 aromatic heterocycles. The standard InChI is InChI=1S/C19H19FN2O2/c1-14-3-10-17(11-4-14)21-18(23)13-22(2)19(24)12-7-15-5-8-16(20)9-6-15/h3-12H,13H2,1-2H3,(H,21,23). The van der Waals surface area contributed by atoms with Gasteiger partial charge in [-0.25, -0.2) is 4.39 Å². The van der Waals surface area contributed by atoms with E-state index in [4.69, 9.17) is 0 Å². The van der Waals surface area contributed by atoms with Crippen molar-refractivity contribution in [2.75, 3.05) is 18.9 Å². The molecule has 0 bridgehead atoms. The van der Waals surface area contributed by atoms with E-state index in [1.165, 1.54) is 23.1 Å². The first-order chi connectivity index (χ1) is 11.4. The molecule has 0 atom stereocenters. The summed E-state index contributed by atoms with van der Waals surface area (Å²) in [5, 5.41) is 2.74. The lowest BCUT2D eigenvalue weighted by Gasteiger charge is -2.15. The number of halogens is 1. The van der Waals surface area contributed by atoms with Gasteiger partial charge in [0.05, 0.1) is 6.54 Å². The molecule has 24 heavy (non-hydrogen) atoms. The molecule has 2 amide bonds. The Hall–Kier alpha value is -2.95. The van der Waals surface area contributed by atoms with E-state index in [-0.39, 0.29) is 24.2 Å². The number of amides is 2. The third-order valence-electron chi connectivity index (χ3n) is 3.38. The van der Waals surface area contributed by atoms with E-state index >= 15 is 0 Å². The van der Waals surface area contributed by atoms with Gasteiger partial charge in [-0.3, -0.25) is 9.59 Å². The van der Waals surface area contributed by atoms with E-state index in [0.29, 0.717) is 11.3 Å². The first-order valence-corrected chi connectivity index (χ1v) is 7.49. The molecule has 0 saturated heterocycles. The Morgan fingerprint density at radius 1 is 1.08 bits per heavy atom. The summed E-state index contributed by atoms with van der Waals surface area (Å²) in [6.07, 6.45) is 2.93. The molecule has 2 aromatic carbocycles. The van der Waals surface area contributed by atoms with Gasteiger partial charge >= 0.3 is 0 Å². The molecular formula is C19H19FN2O2. The SMILES string of the molecule is Cc1ccc(NC(=O)CN(C)C(=O)C=Cc2ccc(F)cc2)cc1. The number of benzene rings is 2. The number of carbonyl (C=O) groups excluding carboxylic acids is 2. The van der Waals surface area contributed by atoms with Crippen LogP contribution in [0.4, 0.5) is 10.1 Å². The zero-order chi connectivity index (χ0) is 17.5. The van der Waals surface area contributed by atoms with Crippen LogP contribution in [0, 0.1) is 12.7 Å². The maximum Gasteiger partial charge on any atom is 0.246 e. The number of hydrogen-bond acceptors (Lipinski definition) is 2. The molecule has 0 saturated carbocycles. The van der Waals surface area contributed by atoms with E-state index in [9.17, 15) is 14.0 Å². The molecule has 2 aromatic rings. The predicted molar refractivity (Wildman–Crippen MR) is 92.9 cm³/mol. The predicted octanol–water partition coefficient (Wildman–Crippen LogP) is 3.24. The van der Waals surface area contributed by atoms with E-state index < -0.39 is 0 Å². The largest absolute Gasteiger partial charge is 0.333 e. The highest BCUT2D eigenvalue weighted by Gasteiger charge is 2.10. The van der Waals surface area contributed by atoms with Gasteiger partial charge in [0, 0.05) is 18.8 Å². The van der Waals surface area contributed by atoms with Crippen LogP contribution in [0.15, 0.2) is 54.6 Å². The molecule has 0 fully saturated rings. The van der Waals surface area contributed by atoms with Gasteiger partial charge in [-0.1, -0.05) is 29.8 Å². The molecule has 0 heterocycles. The summed E-state index contributed by atoms with van der Waals surface area (Å²) in [6, 6.07) is 13.2. The Kier molecular flexibility index (Phi) is 5.84. The molecule has 0 aliphatic heterocycles. The van der Waals surface area contributed by atoms with E-state index in [1.807, 2.05) is 31.2 Å². The van der Waals surface area contributed by atoms with E-state index in [0.717, 1.165) is 5.56 Å². The second-order valence-electron chi connectivity index (χ2n) is 5.49. The topological polar surface area (TPSA) is 49.4 Å². The molecule has 0 aliphatic rings. The molecule has 0 unspecified atom stereocenters. The van der Waals surface area contributed by atoms with Gasteiger partial charge in [0.25, 0.3) is 0 Å². The third kappa shape index (κ3) is 5.35. The fraction of sp³-hybridized carbons (Fsp3) is 0.158. The summed E-state index contributed by atoms with van der Waals surface area (Å²) in [5.41, 5.74) is 2.50. The molecule has 4 nitrogen and oxygen atoms in total. The Morgan fingerprint density at radius 3 is 2.33 bits per heavy atom. The first kappa shape index (κ1) is 17.4. The second-order valence-corrected chi connectivity index (χ2v) is 5.49. The Morgan fingerprint density at radius 2 is 1.71 bits per heavy atom. The van der Waals surface area contributed by atoms with Crippen molar-refractivity contribution in [2.24, 2.45) is 0 Å². The third-order valence-corrected chi connectivity index (χ3v) is 3.38. The summed E-state index contributed by atoms with van der Waals surface area (Å²) >= 11 is 0. The molecule has 2 rings (SSSR count). The average Bonchev–Trinajstić information content (AvgIpc) is 2.56. The summed E-state index contributed by atoms with van der Waals surface area (Å²) in [6.45, 7) is 1.91. The lowest BCUT2D eigenvalue weighted by atomic mass is 10.2. The molecule has 0 aliphatic carbocycles. The number of hydrogen-bond donors (Lipinski definition) is 1. The van der Waals surface area contributed by atoms with Crippen LogP contribution in [0.3, 0.4) is 0 Å². The minimum Gasteiger partial charge on any atom is -0.333 e. The van der Waals surface area contributed by atoms with Gasteiger partial charge in [0.2, 0.25) is 11.8 Å². The number of aryl methyl sites for hydroxylation is 1. The van der Waals surface area contributed by atoms with Crippen molar-refractivity contribution >= 4 is 23.6 Å². The van der Waals surface area contributed by atoms with E-state index in [2.05, 4.69) is 5.32 Å². The van der Waals surface area contributed by atoms with Crippen LogP contribution >= 0.6 is 0 Å². The fourth-order valence-corrected chi connectivity index (χ4v) is 2.00. The summed E-state index contributed by atoms with van der Waals surface area (Å²) < 4.78 is 12.8. The monoisotopic (exact) mass is 326 g/mol. The van der Waals surface area contributed by atoms with Gasteiger partial charge in [-0.2, -0.15) is 0 Å². The molecular weight excluding hydrogens is 307 g/mol. The highest BCUT2D eigenvalue weighted by atomic mass is 19.1. The van der Waals surface area contributed by atoms with Crippen LogP contribution in [0.5, 0.6) is 0 Å². The number of carbonyl (C=O) groups is 2. The minimum absolute atomic E-state index is 0.0551. The van der Waals surface area contributed by atoms with Crippen LogP contribution in [-0.4, -0.2) is 30.3 Å². The molecule has 5 heteroatoms. The summed E-state index contributed by atoms with van der Waals surface area (Å²) in [7, 11) is 1.55. The molecule has 124 valence electrons. The highest BCUT2D eigenvalue weighted by Crippen LogP contribution is 2.09. The van der Waals surface area contributed by atoms with Crippen molar-refractivity contribution in [1.82, 2.24) is 4.90 Å². The van der Waals surface area contributed by atoms with Crippen molar-refractivity contribution in [2.45, 2.75) is 6.92 Å². The number of likely N-dealkylation sites (N-methyl/N-ethyl adjacent to an activating group) is 1. The van der Waals surface area contributed by atoms with Gasteiger partial charge in [-0.05, 0) is 42.8 Å². The molecule has 1 N–H and O–H groups in total. The van der Waals surface area contributed by atoms with Crippen molar-refractivity contribution in [3.05, 3.63) is 71.6 Å². The van der Waals surface area contributed by atoms with Crippen molar-refractivity contribution in [1.29, 1.82) is 0 Å². The van der Waals surface area contributed by atoms with Crippen molar-refractivity contribution < 1.29 is 14.0 Å². The fourth-order valence-electron chi connectivity index (χ4n) is 2.00. The van der Waals surface area contributed by atoms with Crippen LogP contribution in [0.2, 0.25) is 0 Å².